The van der Waals surface area contributed by atoms with E-state index in [1.807, 2.05) is 49.5 Å². The van der Waals surface area contributed by atoms with Gasteiger partial charge in [-0.2, -0.15) is 0 Å². The highest BCUT2D eigenvalue weighted by Crippen LogP contribution is 2.33. The van der Waals surface area contributed by atoms with Crippen molar-refractivity contribution in [3.8, 4) is 0 Å². The molecule has 1 amide bonds. The van der Waals surface area contributed by atoms with Crippen molar-refractivity contribution in [2.75, 3.05) is 6.54 Å². The topological polar surface area (TPSA) is 65.4 Å². The molecule has 1 aliphatic rings. The average molecular weight is 311 g/mol. The summed E-state index contributed by atoms with van der Waals surface area (Å²) in [5.41, 5.74) is 3.26. The van der Waals surface area contributed by atoms with Gasteiger partial charge in [-0.05, 0) is 31.0 Å². The number of aryl methyl sites for hydroxylation is 1. The summed E-state index contributed by atoms with van der Waals surface area (Å²) in [5.74, 6) is -1.34. The van der Waals surface area contributed by atoms with E-state index in [0.717, 1.165) is 23.4 Å². The van der Waals surface area contributed by atoms with Gasteiger partial charge in [0.05, 0.1) is 6.04 Å². The Kier molecular flexibility index (Phi) is 4.19. The average Bonchev–Trinajstić information content (AvgIpc) is 3.01. The number of fused-ring (bicyclic) bond motifs is 1. The molecule has 120 valence electrons. The minimum atomic E-state index is -1.19. The fourth-order valence-electron chi connectivity index (χ4n) is 3.10. The smallest absolute Gasteiger partial charge is 0.223 e. The standard InChI is InChI=1S/C18H20N2O3/c1-13-4-6-14(7-5-13)18-15-3-2-10-19(15)11-12-20(18)16(21)8-9-17(22)23/h2-7,10,18H,8-9,11-12H2,1H3,(H,22,23)/p-1/t18-/m0/s1. The molecule has 0 saturated heterocycles. The second-order valence-electron chi connectivity index (χ2n) is 5.90. The van der Waals surface area contributed by atoms with Gasteiger partial charge in [0.1, 0.15) is 0 Å². The Bertz CT molecular complexity index is 718. The Morgan fingerprint density at radius 1 is 1.13 bits per heavy atom. The molecule has 1 aromatic heterocycles. The number of aromatic nitrogens is 1. The Morgan fingerprint density at radius 3 is 2.57 bits per heavy atom. The zero-order valence-corrected chi connectivity index (χ0v) is 13.1. The van der Waals surface area contributed by atoms with Crippen molar-refractivity contribution >= 4 is 11.9 Å². The van der Waals surface area contributed by atoms with E-state index in [9.17, 15) is 14.7 Å². The van der Waals surface area contributed by atoms with Crippen molar-refractivity contribution < 1.29 is 14.7 Å². The Morgan fingerprint density at radius 2 is 1.87 bits per heavy atom. The van der Waals surface area contributed by atoms with E-state index in [2.05, 4.69) is 4.57 Å². The normalized spacial score (nSPS) is 16.9. The first-order chi connectivity index (χ1) is 11.1. The third-order valence-electron chi connectivity index (χ3n) is 4.29. The van der Waals surface area contributed by atoms with Gasteiger partial charge >= 0.3 is 0 Å². The quantitative estimate of drug-likeness (QED) is 0.854. The fourth-order valence-corrected chi connectivity index (χ4v) is 3.10. The second kappa shape index (κ2) is 6.28. The van der Waals surface area contributed by atoms with Crippen LogP contribution in [0.15, 0.2) is 42.6 Å². The maximum Gasteiger partial charge on any atom is 0.223 e. The molecule has 0 fully saturated rings. The number of carbonyl (C=O) groups is 2. The molecule has 1 aliphatic heterocycles. The Hall–Kier alpha value is -2.56. The zero-order valence-electron chi connectivity index (χ0n) is 13.1. The van der Waals surface area contributed by atoms with E-state index in [-0.39, 0.29) is 24.8 Å². The summed E-state index contributed by atoms with van der Waals surface area (Å²) < 4.78 is 2.15. The van der Waals surface area contributed by atoms with Crippen LogP contribution in [-0.2, 0) is 16.1 Å². The molecule has 0 bridgehead atoms. The predicted octanol–water partition coefficient (Wildman–Crippen LogP) is 1.26. The number of nitrogens with zero attached hydrogens (tertiary/aromatic N) is 2. The minimum Gasteiger partial charge on any atom is -0.550 e. The molecular formula is C18H19N2O3-. The molecule has 5 heteroatoms. The molecule has 0 N–H and O–H groups in total. The molecule has 5 nitrogen and oxygen atoms in total. The van der Waals surface area contributed by atoms with E-state index in [1.165, 1.54) is 0 Å². The third kappa shape index (κ3) is 3.13. The summed E-state index contributed by atoms with van der Waals surface area (Å²) >= 11 is 0. The van der Waals surface area contributed by atoms with Crippen LogP contribution in [0, 0.1) is 6.92 Å². The first-order valence-electron chi connectivity index (χ1n) is 7.77. The summed E-state index contributed by atoms with van der Waals surface area (Å²) in [6.07, 6.45) is 1.75. The molecule has 3 rings (SSSR count). The van der Waals surface area contributed by atoms with Crippen LogP contribution in [0.25, 0.3) is 0 Å². The molecule has 2 heterocycles. The van der Waals surface area contributed by atoms with Gasteiger partial charge in [-0.25, -0.2) is 0 Å². The van der Waals surface area contributed by atoms with E-state index < -0.39 is 5.97 Å². The van der Waals surface area contributed by atoms with Gasteiger partial charge in [0.25, 0.3) is 0 Å². The molecule has 1 atom stereocenters. The number of carbonyl (C=O) groups excluding carboxylic acids is 2. The summed E-state index contributed by atoms with van der Waals surface area (Å²) in [6, 6.07) is 11.9. The van der Waals surface area contributed by atoms with Gasteiger partial charge < -0.3 is 19.4 Å². The van der Waals surface area contributed by atoms with Gasteiger partial charge in [0, 0.05) is 37.4 Å². The van der Waals surface area contributed by atoms with Crippen LogP contribution in [0.3, 0.4) is 0 Å². The van der Waals surface area contributed by atoms with Gasteiger partial charge in [-0.1, -0.05) is 29.8 Å². The highest BCUT2D eigenvalue weighted by molar-refractivity contribution is 5.81. The maximum absolute atomic E-state index is 12.5. The lowest BCUT2D eigenvalue weighted by Gasteiger charge is -2.37. The number of hydrogen-bond donors (Lipinski definition) is 0. The van der Waals surface area contributed by atoms with Crippen molar-refractivity contribution in [3.63, 3.8) is 0 Å². The number of carboxylic acids is 1. The van der Waals surface area contributed by atoms with E-state index in [0.29, 0.717) is 6.54 Å². The second-order valence-corrected chi connectivity index (χ2v) is 5.90. The van der Waals surface area contributed by atoms with Crippen molar-refractivity contribution in [3.05, 3.63) is 59.4 Å². The zero-order chi connectivity index (χ0) is 16.4. The van der Waals surface area contributed by atoms with Gasteiger partial charge in [0.2, 0.25) is 5.91 Å². The van der Waals surface area contributed by atoms with Crippen LogP contribution in [0.2, 0.25) is 0 Å². The van der Waals surface area contributed by atoms with Crippen molar-refractivity contribution in [1.29, 1.82) is 0 Å². The van der Waals surface area contributed by atoms with Gasteiger partial charge in [-0.3, -0.25) is 4.79 Å². The molecule has 0 unspecified atom stereocenters. The molecule has 23 heavy (non-hydrogen) atoms. The summed E-state index contributed by atoms with van der Waals surface area (Å²) in [6.45, 7) is 3.32. The minimum absolute atomic E-state index is 0.0224. The third-order valence-corrected chi connectivity index (χ3v) is 4.29. The van der Waals surface area contributed by atoms with Crippen LogP contribution >= 0.6 is 0 Å². The fraction of sp³-hybridized carbons (Fsp3) is 0.333. The highest BCUT2D eigenvalue weighted by atomic mass is 16.4. The van der Waals surface area contributed by atoms with Crippen LogP contribution in [0.4, 0.5) is 0 Å². The van der Waals surface area contributed by atoms with Crippen molar-refractivity contribution in [2.45, 2.75) is 32.4 Å². The first-order valence-corrected chi connectivity index (χ1v) is 7.77. The molecule has 0 spiro atoms. The van der Waals surface area contributed by atoms with Gasteiger partial charge in [0.15, 0.2) is 0 Å². The lowest BCUT2D eigenvalue weighted by Crippen LogP contribution is -2.42. The molecule has 0 aliphatic carbocycles. The summed E-state index contributed by atoms with van der Waals surface area (Å²) in [4.78, 5) is 24.9. The van der Waals surface area contributed by atoms with Crippen molar-refractivity contribution in [2.24, 2.45) is 0 Å². The maximum atomic E-state index is 12.5. The SMILES string of the molecule is Cc1ccc([C@H]2c3cccn3CCN2C(=O)CCC(=O)[O-])cc1. The van der Waals surface area contributed by atoms with Gasteiger partial charge in [-0.15, -0.1) is 0 Å². The number of benzene rings is 1. The first kappa shape index (κ1) is 15.3. The Balaban J connectivity index is 1.93. The monoisotopic (exact) mass is 311 g/mol. The number of hydrogen-bond acceptors (Lipinski definition) is 3. The van der Waals surface area contributed by atoms with Crippen LogP contribution in [-0.4, -0.2) is 27.9 Å². The number of amides is 1. The van der Waals surface area contributed by atoms with E-state index in [1.54, 1.807) is 4.90 Å². The molecule has 0 saturated carbocycles. The molecular weight excluding hydrogens is 292 g/mol. The molecule has 2 aromatic rings. The highest BCUT2D eigenvalue weighted by Gasteiger charge is 2.31. The van der Waals surface area contributed by atoms with Crippen LogP contribution in [0.1, 0.15) is 35.7 Å². The lowest BCUT2D eigenvalue weighted by molar-refractivity contribution is -0.305. The van der Waals surface area contributed by atoms with E-state index >= 15 is 0 Å². The largest absolute Gasteiger partial charge is 0.550 e. The summed E-state index contributed by atoms with van der Waals surface area (Å²) in [7, 11) is 0. The number of carboxylic acid groups (broad SMARTS) is 1. The van der Waals surface area contributed by atoms with Crippen LogP contribution in [0.5, 0.6) is 0 Å². The summed E-state index contributed by atoms with van der Waals surface area (Å²) in [5, 5.41) is 10.6. The predicted molar refractivity (Wildman–Crippen MR) is 83.4 cm³/mol. The molecule has 1 aromatic carbocycles. The molecule has 0 radical (unpaired) electrons. The number of aliphatic carboxylic acids is 1. The Labute approximate surface area is 135 Å². The number of rotatable bonds is 4. The lowest BCUT2D eigenvalue weighted by atomic mass is 9.98. The van der Waals surface area contributed by atoms with E-state index in [4.69, 9.17) is 0 Å². The van der Waals surface area contributed by atoms with Crippen molar-refractivity contribution in [1.82, 2.24) is 9.47 Å². The van der Waals surface area contributed by atoms with Crippen LogP contribution < -0.4 is 5.11 Å².